The number of amides is 1. The van der Waals surface area contributed by atoms with E-state index in [2.05, 4.69) is 30.0 Å². The molecule has 2 aliphatic heterocycles. The third-order valence-electron chi connectivity index (χ3n) is 6.64. The first-order valence-electron chi connectivity index (χ1n) is 12.0. The number of nitriles is 1. The normalized spacial score (nSPS) is 17.6. The summed E-state index contributed by atoms with van der Waals surface area (Å²) in [5, 5.41) is 11.5. The number of nitrogens with zero attached hydrogens (tertiary/aromatic N) is 3. The first-order chi connectivity index (χ1) is 17.6. The Morgan fingerprint density at radius 1 is 1.06 bits per heavy atom. The number of anilines is 1. The molecule has 0 saturated carbocycles. The third kappa shape index (κ3) is 4.82. The van der Waals surface area contributed by atoms with Crippen LogP contribution in [0.5, 0.6) is 5.75 Å². The molecular formula is C29H26ClN3O2S. The van der Waals surface area contributed by atoms with E-state index >= 15 is 0 Å². The second kappa shape index (κ2) is 10.7. The maximum absolute atomic E-state index is 13.3. The second-order valence-corrected chi connectivity index (χ2v) is 10.1. The number of aryl methyl sites for hydroxylation is 1. The smallest absolute Gasteiger partial charge is 0.229 e. The molecule has 1 amide bonds. The van der Waals surface area contributed by atoms with Gasteiger partial charge in [0.25, 0.3) is 0 Å². The van der Waals surface area contributed by atoms with Crippen molar-refractivity contribution >= 4 is 35.0 Å². The summed E-state index contributed by atoms with van der Waals surface area (Å²) in [6, 6.07) is 26.0. The minimum atomic E-state index is -0.256. The molecule has 2 aliphatic rings. The highest BCUT2D eigenvalue weighted by Crippen LogP contribution is 2.43. The van der Waals surface area contributed by atoms with Crippen molar-refractivity contribution in [1.82, 2.24) is 4.90 Å². The number of hydrogen-bond donors (Lipinski definition) is 0. The lowest BCUT2D eigenvalue weighted by Crippen LogP contribution is -2.47. The molecule has 2 heterocycles. The highest BCUT2D eigenvalue weighted by Gasteiger charge is 2.38. The van der Waals surface area contributed by atoms with E-state index < -0.39 is 0 Å². The summed E-state index contributed by atoms with van der Waals surface area (Å²) in [4.78, 5) is 17.3. The van der Waals surface area contributed by atoms with Crippen molar-refractivity contribution < 1.29 is 9.53 Å². The molecule has 3 aromatic rings. The van der Waals surface area contributed by atoms with Crippen molar-refractivity contribution in [2.45, 2.75) is 32.3 Å². The number of rotatable bonds is 6. The van der Waals surface area contributed by atoms with Crippen LogP contribution in [0.3, 0.4) is 0 Å². The predicted molar refractivity (Wildman–Crippen MR) is 145 cm³/mol. The maximum atomic E-state index is 13.3. The van der Waals surface area contributed by atoms with Gasteiger partial charge >= 0.3 is 0 Å². The zero-order valence-corrected chi connectivity index (χ0v) is 21.6. The molecule has 0 aliphatic carbocycles. The zero-order valence-electron chi connectivity index (χ0n) is 20.0. The number of allylic oxidation sites excluding steroid dienone is 1. The predicted octanol–water partition coefficient (Wildman–Crippen LogP) is 6.70. The van der Waals surface area contributed by atoms with Crippen molar-refractivity contribution in [3.63, 3.8) is 0 Å². The van der Waals surface area contributed by atoms with Crippen molar-refractivity contribution in [2.75, 3.05) is 17.4 Å². The Morgan fingerprint density at radius 3 is 2.50 bits per heavy atom. The fourth-order valence-corrected chi connectivity index (χ4v) is 6.04. The maximum Gasteiger partial charge on any atom is 0.229 e. The number of benzene rings is 3. The molecule has 0 N–H and O–H groups in total. The largest absolute Gasteiger partial charge is 0.489 e. The zero-order chi connectivity index (χ0) is 25.1. The van der Waals surface area contributed by atoms with Gasteiger partial charge in [-0.1, -0.05) is 78.8 Å². The van der Waals surface area contributed by atoms with E-state index in [1.54, 1.807) is 16.7 Å². The van der Waals surface area contributed by atoms with Crippen molar-refractivity contribution in [2.24, 2.45) is 0 Å². The van der Waals surface area contributed by atoms with E-state index in [0.29, 0.717) is 35.5 Å². The monoisotopic (exact) mass is 515 g/mol. The minimum absolute atomic E-state index is 0.0409. The summed E-state index contributed by atoms with van der Waals surface area (Å²) in [7, 11) is 0. The van der Waals surface area contributed by atoms with E-state index in [1.807, 2.05) is 60.7 Å². The topological polar surface area (TPSA) is 56.6 Å². The molecule has 3 aromatic carbocycles. The van der Waals surface area contributed by atoms with Gasteiger partial charge in [0.1, 0.15) is 12.4 Å². The Balaban J connectivity index is 1.34. The highest BCUT2D eigenvalue weighted by molar-refractivity contribution is 8.03. The molecule has 36 heavy (non-hydrogen) atoms. The lowest BCUT2D eigenvalue weighted by atomic mass is 9.86. The van der Waals surface area contributed by atoms with Gasteiger partial charge < -0.3 is 9.64 Å². The molecule has 5 rings (SSSR count). The molecule has 1 saturated heterocycles. The third-order valence-corrected chi connectivity index (χ3v) is 8.16. The van der Waals surface area contributed by atoms with Gasteiger partial charge in [-0.3, -0.25) is 9.69 Å². The number of thioether (sulfide) groups is 1. The lowest BCUT2D eigenvalue weighted by molar-refractivity contribution is -0.129. The number of carbonyl (C=O) groups is 1. The number of para-hydroxylation sites is 1. The van der Waals surface area contributed by atoms with Gasteiger partial charge in [0.2, 0.25) is 5.91 Å². The van der Waals surface area contributed by atoms with Gasteiger partial charge in [-0.25, -0.2) is 0 Å². The Labute approximate surface area is 220 Å². The van der Waals surface area contributed by atoms with Crippen molar-refractivity contribution in [3.8, 4) is 11.8 Å². The van der Waals surface area contributed by atoms with Gasteiger partial charge in [-0.05, 0) is 41.8 Å². The van der Waals surface area contributed by atoms with Gasteiger partial charge in [-0.2, -0.15) is 5.26 Å². The summed E-state index contributed by atoms with van der Waals surface area (Å²) in [5.41, 5.74) is 4.92. The SMILES string of the molecule is CCc1ccccc1N1CSC2=C(C#N)C(c3ccc(OCc4ccccc4Cl)cc3)CC(=O)N2C1. The molecule has 1 atom stereocenters. The minimum Gasteiger partial charge on any atom is -0.489 e. The Hall–Kier alpha value is -3.40. The first kappa shape index (κ1) is 24.3. The molecular weight excluding hydrogens is 490 g/mol. The number of halogens is 1. The Morgan fingerprint density at radius 2 is 1.78 bits per heavy atom. The van der Waals surface area contributed by atoms with E-state index in [1.165, 1.54) is 5.56 Å². The fraction of sp³-hybridized carbons (Fsp3) is 0.241. The molecule has 1 unspecified atom stereocenters. The molecule has 182 valence electrons. The number of ether oxygens (including phenoxy) is 1. The van der Waals surface area contributed by atoms with Gasteiger partial charge in [0.15, 0.2) is 0 Å². The van der Waals surface area contributed by atoms with Crippen LogP contribution in [-0.4, -0.2) is 23.4 Å². The van der Waals surface area contributed by atoms with Crippen LogP contribution in [0.15, 0.2) is 83.4 Å². The summed E-state index contributed by atoms with van der Waals surface area (Å²) >= 11 is 7.79. The van der Waals surface area contributed by atoms with Crippen LogP contribution in [0.25, 0.3) is 0 Å². The average Bonchev–Trinajstić information content (AvgIpc) is 2.92. The Bertz CT molecular complexity index is 1350. The van der Waals surface area contributed by atoms with Crippen LogP contribution in [0.4, 0.5) is 5.69 Å². The van der Waals surface area contributed by atoms with E-state index in [-0.39, 0.29) is 18.2 Å². The molecule has 7 heteroatoms. The molecule has 0 bridgehead atoms. The van der Waals surface area contributed by atoms with Crippen molar-refractivity contribution in [3.05, 3.63) is 105 Å². The van der Waals surface area contributed by atoms with Gasteiger partial charge in [0.05, 0.1) is 29.2 Å². The first-order valence-corrected chi connectivity index (χ1v) is 13.3. The number of hydrogen-bond acceptors (Lipinski definition) is 5. The number of carbonyl (C=O) groups excluding carboxylic acids is 1. The molecule has 5 nitrogen and oxygen atoms in total. The molecule has 0 radical (unpaired) electrons. The summed E-state index contributed by atoms with van der Waals surface area (Å²) in [5.74, 6) is 1.20. The summed E-state index contributed by atoms with van der Waals surface area (Å²) < 4.78 is 5.90. The van der Waals surface area contributed by atoms with Gasteiger partial charge in [-0.15, -0.1) is 0 Å². The van der Waals surface area contributed by atoms with Gasteiger partial charge in [0, 0.05) is 28.6 Å². The Kier molecular flexibility index (Phi) is 7.22. The fourth-order valence-electron chi connectivity index (χ4n) is 4.69. The average molecular weight is 516 g/mol. The number of fused-ring (bicyclic) bond motifs is 1. The van der Waals surface area contributed by atoms with Crippen LogP contribution in [0.1, 0.15) is 36.0 Å². The van der Waals surface area contributed by atoms with E-state index in [0.717, 1.165) is 28.3 Å². The van der Waals surface area contributed by atoms with Crippen molar-refractivity contribution in [1.29, 1.82) is 5.26 Å². The summed E-state index contributed by atoms with van der Waals surface area (Å²) in [6.45, 7) is 2.97. The molecule has 0 aromatic heterocycles. The van der Waals surface area contributed by atoms with Crippen LogP contribution < -0.4 is 9.64 Å². The van der Waals surface area contributed by atoms with Crippen LogP contribution >= 0.6 is 23.4 Å². The second-order valence-electron chi connectivity index (χ2n) is 8.80. The van der Waals surface area contributed by atoms with E-state index in [9.17, 15) is 10.1 Å². The molecule has 0 spiro atoms. The molecule has 1 fully saturated rings. The van der Waals surface area contributed by atoms with E-state index in [4.69, 9.17) is 16.3 Å². The quantitative estimate of drug-likeness (QED) is 0.365. The standard InChI is InChI=1S/C29H26ClN3O2S/c1-2-20-7-4-6-10-27(20)32-18-33-28(34)15-24(25(16-31)29(33)36-19-32)21-11-13-23(14-12-21)35-17-22-8-3-5-9-26(22)30/h3-14,24H,2,15,17-19H2,1H3. The highest BCUT2D eigenvalue weighted by atomic mass is 35.5. The lowest BCUT2D eigenvalue weighted by Gasteiger charge is -2.42. The van der Waals surface area contributed by atoms with Crippen LogP contribution in [0.2, 0.25) is 5.02 Å². The summed E-state index contributed by atoms with van der Waals surface area (Å²) in [6.07, 6.45) is 1.20. The van der Waals surface area contributed by atoms with Crippen LogP contribution in [-0.2, 0) is 17.8 Å². The van der Waals surface area contributed by atoms with Crippen LogP contribution in [0, 0.1) is 11.3 Å².